The minimum atomic E-state index is -0.418. The third-order valence-electron chi connectivity index (χ3n) is 8.22. The fraction of sp³-hybridized carbons (Fsp3) is 0.314. The van der Waals surface area contributed by atoms with Gasteiger partial charge in [0.15, 0.2) is 34.6 Å². The Bertz CT molecular complexity index is 1580. The van der Waals surface area contributed by atoms with Crippen LogP contribution in [0.5, 0.6) is 23.0 Å². The van der Waals surface area contributed by atoms with Crippen molar-refractivity contribution < 1.29 is 28.5 Å². The summed E-state index contributed by atoms with van der Waals surface area (Å²) in [5.74, 6) is 2.11. The van der Waals surface area contributed by atoms with Crippen molar-refractivity contribution in [1.29, 1.82) is 0 Å². The molecule has 8 heteroatoms. The molecule has 0 spiro atoms. The molecule has 1 N–H and O–H groups in total. The highest BCUT2D eigenvalue weighted by molar-refractivity contribution is 9.10. The maximum absolute atomic E-state index is 13.2. The molecule has 0 bridgehead atoms. The van der Waals surface area contributed by atoms with Crippen LogP contribution in [0.25, 0.3) is 0 Å². The molecule has 43 heavy (non-hydrogen) atoms. The number of carbonyl (C=O) groups is 2. The summed E-state index contributed by atoms with van der Waals surface area (Å²) in [6.07, 6.45) is 4.24. The lowest BCUT2D eigenvalue weighted by atomic mass is 9.71. The zero-order valence-electron chi connectivity index (χ0n) is 24.3. The topological polar surface area (TPSA) is 83.1 Å². The van der Waals surface area contributed by atoms with Crippen LogP contribution in [-0.4, -0.2) is 25.8 Å². The molecule has 2 aliphatic carbocycles. The number of halogens is 1. The van der Waals surface area contributed by atoms with Crippen molar-refractivity contribution in [3.63, 3.8) is 0 Å². The molecule has 7 nitrogen and oxygen atoms in total. The molecule has 3 aromatic rings. The van der Waals surface area contributed by atoms with Crippen LogP contribution < -0.4 is 24.3 Å². The average molecular weight is 645 g/mol. The van der Waals surface area contributed by atoms with Crippen LogP contribution in [0.1, 0.15) is 61.1 Å². The zero-order valence-corrected chi connectivity index (χ0v) is 25.9. The van der Waals surface area contributed by atoms with E-state index in [2.05, 4.69) is 21.2 Å². The molecule has 0 amide bonds. The summed E-state index contributed by atoms with van der Waals surface area (Å²) in [6, 6.07) is 19.5. The van der Waals surface area contributed by atoms with Gasteiger partial charge >= 0.3 is 0 Å². The predicted molar refractivity (Wildman–Crippen MR) is 166 cm³/mol. The average Bonchev–Trinajstić information content (AvgIpc) is 3.03. The number of carbonyl (C=O) groups excluding carboxylic acids is 2. The second kappa shape index (κ2) is 12.7. The van der Waals surface area contributed by atoms with E-state index in [9.17, 15) is 9.59 Å². The number of rotatable bonds is 9. The molecule has 0 radical (unpaired) electrons. The van der Waals surface area contributed by atoms with Crippen LogP contribution in [-0.2, 0) is 22.8 Å². The van der Waals surface area contributed by atoms with Gasteiger partial charge in [-0.15, -0.1) is 0 Å². The second-order valence-corrected chi connectivity index (χ2v) is 11.8. The van der Waals surface area contributed by atoms with Crippen molar-refractivity contribution in [2.24, 2.45) is 0 Å². The fourth-order valence-electron chi connectivity index (χ4n) is 6.17. The number of hydrogen-bond acceptors (Lipinski definition) is 7. The Morgan fingerprint density at radius 1 is 0.721 bits per heavy atom. The van der Waals surface area contributed by atoms with Crippen LogP contribution in [0.4, 0.5) is 0 Å². The van der Waals surface area contributed by atoms with E-state index in [1.807, 2.05) is 60.7 Å². The van der Waals surface area contributed by atoms with Crippen molar-refractivity contribution in [3.8, 4) is 23.0 Å². The van der Waals surface area contributed by atoms with Gasteiger partial charge in [0.1, 0.15) is 13.2 Å². The Morgan fingerprint density at radius 2 is 1.37 bits per heavy atom. The SMILES string of the molecule is COc1cc(COc2c(Br)cc(C3C4=C(CCCC4=O)NC4=C3C(=O)CCC4)cc2OC)ccc1OCc1ccccc1. The van der Waals surface area contributed by atoms with E-state index in [-0.39, 0.29) is 18.2 Å². The first-order valence-corrected chi connectivity index (χ1v) is 15.4. The van der Waals surface area contributed by atoms with E-state index in [1.54, 1.807) is 14.2 Å². The molecule has 0 aromatic heterocycles. The largest absolute Gasteiger partial charge is 0.493 e. The normalized spacial score (nSPS) is 16.8. The summed E-state index contributed by atoms with van der Waals surface area (Å²) in [5.41, 5.74) is 6.14. The smallest absolute Gasteiger partial charge is 0.175 e. The number of allylic oxidation sites excluding steroid dienone is 4. The molecule has 3 aliphatic rings. The number of methoxy groups -OCH3 is 2. The highest BCUT2D eigenvalue weighted by Gasteiger charge is 2.40. The second-order valence-electron chi connectivity index (χ2n) is 11.0. The Labute approximate surface area is 260 Å². The molecule has 1 heterocycles. The minimum Gasteiger partial charge on any atom is -0.493 e. The van der Waals surface area contributed by atoms with Crippen molar-refractivity contribution in [2.45, 2.75) is 57.7 Å². The monoisotopic (exact) mass is 643 g/mol. The van der Waals surface area contributed by atoms with Crippen LogP contribution in [0.15, 0.2) is 87.7 Å². The minimum absolute atomic E-state index is 0.101. The molecule has 6 rings (SSSR count). The van der Waals surface area contributed by atoms with Gasteiger partial charge in [-0.3, -0.25) is 9.59 Å². The number of Topliss-reactive ketones (excluding diaryl/α,β-unsaturated/α-hetero) is 2. The van der Waals surface area contributed by atoms with Crippen molar-refractivity contribution in [2.75, 3.05) is 14.2 Å². The van der Waals surface area contributed by atoms with Gasteiger partial charge in [-0.25, -0.2) is 0 Å². The summed E-state index contributed by atoms with van der Waals surface area (Å²) in [6.45, 7) is 0.702. The first-order chi connectivity index (χ1) is 21.0. The first-order valence-electron chi connectivity index (χ1n) is 14.6. The maximum Gasteiger partial charge on any atom is 0.175 e. The number of dihydropyridines is 1. The third-order valence-corrected chi connectivity index (χ3v) is 8.81. The highest BCUT2D eigenvalue weighted by atomic mass is 79.9. The van der Waals surface area contributed by atoms with Gasteiger partial charge in [0.2, 0.25) is 0 Å². The number of benzene rings is 3. The van der Waals surface area contributed by atoms with Gasteiger partial charge in [-0.2, -0.15) is 0 Å². The van der Waals surface area contributed by atoms with Gasteiger partial charge in [0.05, 0.1) is 18.7 Å². The molecule has 222 valence electrons. The summed E-state index contributed by atoms with van der Waals surface area (Å²) < 4.78 is 24.3. The number of ether oxygens (including phenoxy) is 4. The van der Waals surface area contributed by atoms with Crippen molar-refractivity contribution in [3.05, 3.63) is 104 Å². The van der Waals surface area contributed by atoms with E-state index < -0.39 is 5.92 Å². The molecule has 0 fully saturated rings. The quantitative estimate of drug-likeness (QED) is 0.261. The van der Waals surface area contributed by atoms with Crippen molar-refractivity contribution >= 4 is 27.5 Å². The molecule has 3 aromatic carbocycles. The summed E-state index contributed by atoms with van der Waals surface area (Å²) >= 11 is 3.70. The van der Waals surface area contributed by atoms with Gasteiger partial charge in [-0.05, 0) is 82.6 Å². The Morgan fingerprint density at radius 3 is 2.02 bits per heavy atom. The third kappa shape index (κ3) is 5.93. The summed E-state index contributed by atoms with van der Waals surface area (Å²) in [5, 5.41) is 3.47. The van der Waals surface area contributed by atoms with Crippen LogP contribution >= 0.6 is 15.9 Å². The highest BCUT2D eigenvalue weighted by Crippen LogP contribution is 2.48. The summed E-state index contributed by atoms with van der Waals surface area (Å²) in [4.78, 5) is 26.5. The molecular weight excluding hydrogens is 610 g/mol. The number of nitrogens with one attached hydrogen (secondary N) is 1. The standard InChI is InChI=1S/C35H34BrNO6/c1-40-30-16-22(14-15-29(30)42-19-21-8-4-3-5-9-21)20-43-35-24(36)17-23(18-31(35)41-2)32-33-25(10-6-12-27(33)38)37-26-11-7-13-28(39)34(26)32/h3-5,8-9,14-18,32,37H,6-7,10-13,19-20H2,1-2H3. The van der Waals surface area contributed by atoms with Crippen LogP contribution in [0.3, 0.4) is 0 Å². The van der Waals surface area contributed by atoms with Gasteiger partial charge in [-0.1, -0.05) is 36.4 Å². The van der Waals surface area contributed by atoms with Gasteiger partial charge < -0.3 is 24.3 Å². The van der Waals surface area contributed by atoms with Crippen molar-refractivity contribution in [1.82, 2.24) is 5.32 Å². The first kappa shape index (κ1) is 29.1. The van der Waals surface area contributed by atoms with E-state index in [0.29, 0.717) is 58.1 Å². The molecule has 0 unspecified atom stereocenters. The predicted octanol–water partition coefficient (Wildman–Crippen LogP) is 7.33. The lowest BCUT2D eigenvalue weighted by molar-refractivity contribution is -0.117. The van der Waals surface area contributed by atoms with Gasteiger partial charge in [0, 0.05) is 41.3 Å². The lowest BCUT2D eigenvalue weighted by Gasteiger charge is -2.37. The molecule has 1 aliphatic heterocycles. The Kier molecular flexibility index (Phi) is 8.56. The Balaban J connectivity index is 1.26. The molecular formula is C35H34BrNO6. The van der Waals surface area contributed by atoms with Gasteiger partial charge in [0.25, 0.3) is 0 Å². The number of hydrogen-bond donors (Lipinski definition) is 1. The fourth-order valence-corrected chi connectivity index (χ4v) is 6.75. The lowest BCUT2D eigenvalue weighted by Crippen LogP contribution is -2.36. The Hall–Kier alpha value is -4.04. The van der Waals surface area contributed by atoms with E-state index in [0.717, 1.165) is 53.8 Å². The van der Waals surface area contributed by atoms with Crippen LogP contribution in [0.2, 0.25) is 0 Å². The van der Waals surface area contributed by atoms with E-state index in [1.165, 1.54) is 0 Å². The zero-order chi connectivity index (χ0) is 29.9. The van der Waals surface area contributed by atoms with E-state index >= 15 is 0 Å². The van der Waals surface area contributed by atoms with Crippen LogP contribution in [0, 0.1) is 0 Å². The molecule has 0 saturated heterocycles. The molecule has 0 saturated carbocycles. The molecule has 0 atom stereocenters. The summed E-state index contributed by atoms with van der Waals surface area (Å²) in [7, 11) is 3.21. The van der Waals surface area contributed by atoms with E-state index in [4.69, 9.17) is 18.9 Å². The number of ketones is 2. The maximum atomic E-state index is 13.2.